The van der Waals surface area contributed by atoms with Gasteiger partial charge in [0.15, 0.2) is 5.82 Å². The van der Waals surface area contributed by atoms with Gasteiger partial charge in [0.25, 0.3) is 0 Å². The summed E-state index contributed by atoms with van der Waals surface area (Å²) >= 11 is 0. The van der Waals surface area contributed by atoms with Crippen molar-refractivity contribution < 1.29 is 0 Å². The Hall–Kier alpha value is -7.49. The summed E-state index contributed by atoms with van der Waals surface area (Å²) in [6.07, 6.45) is 13.0. The number of pyridine rings is 1. The molecule has 3 aliphatic carbocycles. The number of rotatable bonds is 5. The smallest absolute Gasteiger partial charge is 0.160 e. The summed E-state index contributed by atoms with van der Waals surface area (Å²) in [4.78, 5) is 15.2. The van der Waals surface area contributed by atoms with Gasteiger partial charge in [-0.1, -0.05) is 176 Å². The molecular weight excluding hydrogens is 715 g/mol. The summed E-state index contributed by atoms with van der Waals surface area (Å²) in [5.74, 6) is 1.23. The van der Waals surface area contributed by atoms with Gasteiger partial charge in [0, 0.05) is 46.5 Å². The van der Waals surface area contributed by atoms with E-state index in [1.54, 1.807) is 0 Å². The molecule has 0 saturated heterocycles. The zero-order valence-electron chi connectivity index (χ0n) is 32.2. The van der Waals surface area contributed by atoms with Crippen molar-refractivity contribution in [1.29, 1.82) is 0 Å². The van der Waals surface area contributed by atoms with Crippen LogP contribution in [0.4, 0.5) is 0 Å². The van der Waals surface area contributed by atoms with Crippen LogP contribution in [0.15, 0.2) is 213 Å². The molecule has 0 saturated carbocycles. The Morgan fingerprint density at radius 1 is 0.424 bits per heavy atom. The number of aromatic nitrogens is 3. The first kappa shape index (κ1) is 33.6. The molecule has 0 radical (unpaired) electrons. The second kappa shape index (κ2) is 13.3. The molecule has 3 aliphatic rings. The van der Waals surface area contributed by atoms with Crippen molar-refractivity contribution in [3.05, 3.63) is 235 Å². The van der Waals surface area contributed by atoms with E-state index in [-0.39, 0.29) is 17.3 Å². The van der Waals surface area contributed by atoms with Crippen LogP contribution in [0.5, 0.6) is 0 Å². The largest absolute Gasteiger partial charge is 0.264 e. The van der Waals surface area contributed by atoms with E-state index in [0.717, 1.165) is 39.2 Å². The highest BCUT2D eigenvalue weighted by atomic mass is 14.9. The minimum absolute atomic E-state index is 0.251. The highest BCUT2D eigenvalue weighted by molar-refractivity contribution is 5.97. The molecule has 2 atom stereocenters. The molecule has 0 amide bonds. The van der Waals surface area contributed by atoms with Gasteiger partial charge >= 0.3 is 0 Å². The molecule has 276 valence electrons. The molecule has 2 heterocycles. The first-order valence-corrected chi connectivity index (χ1v) is 20.4. The van der Waals surface area contributed by atoms with Crippen LogP contribution >= 0.6 is 0 Å². The lowest BCUT2D eigenvalue weighted by molar-refractivity contribution is 0.465. The van der Waals surface area contributed by atoms with Crippen molar-refractivity contribution in [2.75, 3.05) is 0 Å². The van der Waals surface area contributed by atoms with Crippen LogP contribution in [0.2, 0.25) is 0 Å². The Bertz CT molecular complexity index is 3130. The molecule has 0 fully saturated rings. The van der Waals surface area contributed by atoms with Crippen molar-refractivity contribution in [3.8, 4) is 67.3 Å². The molecule has 12 rings (SSSR count). The van der Waals surface area contributed by atoms with Gasteiger partial charge < -0.3 is 0 Å². The SMILES string of the molecule is C1=CC2c3ccc(-c4nc(-c5ccc(-c6cccc7ccccc67)cc5)cc(-c5cccc(-c6cccnc6)c5)n4)cc3C3(c4ccccc4-c4ccccc43)C2C=C1. The predicted molar refractivity (Wildman–Crippen MR) is 241 cm³/mol. The van der Waals surface area contributed by atoms with Crippen molar-refractivity contribution in [2.45, 2.75) is 11.3 Å². The Morgan fingerprint density at radius 2 is 1.07 bits per heavy atom. The molecule has 7 aromatic carbocycles. The van der Waals surface area contributed by atoms with E-state index < -0.39 is 0 Å². The van der Waals surface area contributed by atoms with E-state index in [9.17, 15) is 0 Å². The number of nitrogens with zero attached hydrogens (tertiary/aromatic N) is 3. The minimum atomic E-state index is -0.333. The summed E-state index contributed by atoms with van der Waals surface area (Å²) < 4.78 is 0. The molecule has 1 spiro atoms. The summed E-state index contributed by atoms with van der Waals surface area (Å²) in [5.41, 5.74) is 17.2. The average Bonchev–Trinajstić information content (AvgIpc) is 3.79. The van der Waals surface area contributed by atoms with E-state index in [1.165, 1.54) is 55.3 Å². The predicted octanol–water partition coefficient (Wildman–Crippen LogP) is 13.5. The highest BCUT2D eigenvalue weighted by Crippen LogP contribution is 2.65. The first-order chi connectivity index (χ1) is 29.2. The fourth-order valence-electron chi connectivity index (χ4n) is 10.3. The second-order valence-electron chi connectivity index (χ2n) is 15.9. The van der Waals surface area contributed by atoms with Crippen molar-refractivity contribution in [1.82, 2.24) is 15.0 Å². The molecule has 0 bridgehead atoms. The maximum absolute atomic E-state index is 5.40. The van der Waals surface area contributed by atoms with Gasteiger partial charge in [-0.15, -0.1) is 0 Å². The molecule has 2 unspecified atom stereocenters. The molecule has 0 N–H and O–H groups in total. The van der Waals surface area contributed by atoms with Crippen LogP contribution < -0.4 is 0 Å². The third-order valence-electron chi connectivity index (χ3n) is 12.9. The summed E-state index contributed by atoms with van der Waals surface area (Å²) in [7, 11) is 0. The number of benzene rings is 7. The second-order valence-corrected chi connectivity index (χ2v) is 15.9. The number of fused-ring (bicyclic) bond motifs is 11. The molecule has 9 aromatic rings. The Morgan fingerprint density at radius 3 is 1.88 bits per heavy atom. The number of hydrogen-bond donors (Lipinski definition) is 0. The van der Waals surface area contributed by atoms with Gasteiger partial charge in [-0.05, 0) is 85.1 Å². The van der Waals surface area contributed by atoms with Crippen LogP contribution in [0.1, 0.15) is 28.2 Å². The van der Waals surface area contributed by atoms with Crippen molar-refractivity contribution in [2.24, 2.45) is 5.92 Å². The van der Waals surface area contributed by atoms with Gasteiger partial charge in [0.05, 0.1) is 16.8 Å². The molecule has 3 heteroatoms. The van der Waals surface area contributed by atoms with Gasteiger partial charge in [-0.3, -0.25) is 4.98 Å². The molecular formula is C56H37N3. The molecule has 2 aromatic heterocycles. The Balaban J connectivity index is 1.04. The summed E-state index contributed by atoms with van der Waals surface area (Å²) in [6.45, 7) is 0. The van der Waals surface area contributed by atoms with Crippen molar-refractivity contribution >= 4 is 10.8 Å². The lowest BCUT2D eigenvalue weighted by atomic mass is 9.65. The van der Waals surface area contributed by atoms with Crippen molar-refractivity contribution in [3.63, 3.8) is 0 Å². The van der Waals surface area contributed by atoms with Crippen LogP contribution in [0.3, 0.4) is 0 Å². The van der Waals surface area contributed by atoms with E-state index in [1.807, 2.05) is 18.5 Å². The monoisotopic (exact) mass is 751 g/mol. The highest BCUT2D eigenvalue weighted by Gasteiger charge is 2.57. The summed E-state index contributed by atoms with van der Waals surface area (Å²) in [6, 6.07) is 63.8. The first-order valence-electron chi connectivity index (χ1n) is 20.4. The Labute approximate surface area is 343 Å². The fourth-order valence-corrected chi connectivity index (χ4v) is 10.3. The zero-order valence-corrected chi connectivity index (χ0v) is 32.2. The van der Waals surface area contributed by atoms with Crippen LogP contribution in [-0.4, -0.2) is 15.0 Å². The van der Waals surface area contributed by atoms with Crippen LogP contribution in [0.25, 0.3) is 78.1 Å². The maximum atomic E-state index is 5.40. The van der Waals surface area contributed by atoms with E-state index >= 15 is 0 Å². The average molecular weight is 752 g/mol. The minimum Gasteiger partial charge on any atom is -0.264 e. The summed E-state index contributed by atoms with van der Waals surface area (Å²) in [5, 5.41) is 2.48. The van der Waals surface area contributed by atoms with Crippen LogP contribution in [0, 0.1) is 5.92 Å². The normalized spacial score (nSPS) is 16.5. The Kier molecular flexibility index (Phi) is 7.58. The molecule has 3 nitrogen and oxygen atoms in total. The van der Waals surface area contributed by atoms with Gasteiger partial charge in [-0.2, -0.15) is 0 Å². The van der Waals surface area contributed by atoms with E-state index in [4.69, 9.17) is 9.97 Å². The third-order valence-corrected chi connectivity index (χ3v) is 12.9. The third kappa shape index (κ3) is 5.18. The number of allylic oxidation sites excluding steroid dienone is 4. The maximum Gasteiger partial charge on any atom is 0.160 e. The van der Waals surface area contributed by atoms with Gasteiger partial charge in [0.2, 0.25) is 0 Å². The topological polar surface area (TPSA) is 38.7 Å². The quantitative estimate of drug-likeness (QED) is 0.176. The van der Waals surface area contributed by atoms with Gasteiger partial charge in [-0.25, -0.2) is 9.97 Å². The zero-order chi connectivity index (χ0) is 38.9. The van der Waals surface area contributed by atoms with E-state index in [2.05, 4.69) is 199 Å². The van der Waals surface area contributed by atoms with Crippen LogP contribution in [-0.2, 0) is 5.41 Å². The molecule has 59 heavy (non-hydrogen) atoms. The fraction of sp³-hybridized carbons (Fsp3) is 0.0536. The van der Waals surface area contributed by atoms with Gasteiger partial charge in [0.1, 0.15) is 0 Å². The van der Waals surface area contributed by atoms with E-state index in [0.29, 0.717) is 5.82 Å². The number of hydrogen-bond acceptors (Lipinski definition) is 3. The molecule has 0 aliphatic heterocycles. The lowest BCUT2D eigenvalue weighted by Gasteiger charge is -2.36. The standard InChI is InChI=1S/C56H37N3/c1-2-17-43-36(12-1)13-10-21-44(43)37-25-27-38(28-26-37)53-34-54(40-15-9-14-39(32-40)42-16-11-31-57-35-42)59-55(58-53)41-29-30-48-47-20-5-8-24-51(47)56(52(48)33-41)49-22-6-3-18-45(49)46-19-4-7-23-50(46)56/h1-35,47,51H. The lowest BCUT2D eigenvalue weighted by Crippen LogP contribution is -2.32.